The number of amides is 2. The van der Waals surface area contributed by atoms with E-state index < -0.39 is 5.91 Å². The first-order chi connectivity index (χ1) is 10.0. The van der Waals surface area contributed by atoms with Crippen molar-refractivity contribution in [3.05, 3.63) is 51.6 Å². The second kappa shape index (κ2) is 5.42. The predicted octanol–water partition coefficient (Wildman–Crippen LogP) is 4.23. The number of aryl methyl sites for hydroxylation is 1. The zero-order valence-corrected chi connectivity index (χ0v) is 12.5. The molecule has 0 radical (unpaired) electrons. The Morgan fingerprint density at radius 1 is 1.24 bits per heavy atom. The van der Waals surface area contributed by atoms with E-state index in [0.717, 1.165) is 22.9 Å². The summed E-state index contributed by atoms with van der Waals surface area (Å²) < 4.78 is 5.67. The molecule has 1 N–H and O–H groups in total. The van der Waals surface area contributed by atoms with Crippen LogP contribution in [0.3, 0.4) is 0 Å². The molecule has 1 aromatic carbocycles. The molecule has 0 atom stereocenters. The third-order valence-corrected chi connectivity index (χ3v) is 4.22. The number of hydrogen-bond donors (Lipinski definition) is 1. The Hall–Kier alpha value is -1.98. The molecule has 1 aliphatic heterocycles. The van der Waals surface area contributed by atoms with Gasteiger partial charge in [-0.25, -0.2) is 0 Å². The first-order valence-electron chi connectivity index (χ1n) is 6.14. The number of nitrogens with one attached hydrogen (secondary N) is 1. The second-order valence-corrected chi connectivity index (χ2v) is 5.94. The van der Waals surface area contributed by atoms with Crippen molar-refractivity contribution >= 4 is 40.6 Å². The van der Waals surface area contributed by atoms with E-state index in [4.69, 9.17) is 16.0 Å². The maximum absolute atomic E-state index is 11.5. The van der Waals surface area contributed by atoms with Crippen LogP contribution in [0.4, 0.5) is 4.79 Å². The molecule has 2 amide bonds. The normalized spacial score (nSPS) is 16.6. The highest BCUT2D eigenvalue weighted by Gasteiger charge is 2.25. The summed E-state index contributed by atoms with van der Waals surface area (Å²) >= 11 is 6.95. The van der Waals surface area contributed by atoms with Crippen LogP contribution >= 0.6 is 23.4 Å². The van der Waals surface area contributed by atoms with E-state index in [9.17, 15) is 9.59 Å². The summed E-state index contributed by atoms with van der Waals surface area (Å²) in [6.07, 6.45) is 1.55. The lowest BCUT2D eigenvalue weighted by molar-refractivity contribution is -0.115. The lowest BCUT2D eigenvalue weighted by atomic mass is 10.1. The van der Waals surface area contributed by atoms with Crippen LogP contribution in [-0.4, -0.2) is 11.1 Å². The summed E-state index contributed by atoms with van der Waals surface area (Å²) in [5.74, 6) is 0.758. The van der Waals surface area contributed by atoms with Gasteiger partial charge in [-0.2, -0.15) is 0 Å². The minimum Gasteiger partial charge on any atom is -0.457 e. The van der Waals surface area contributed by atoms with Gasteiger partial charge in [0.1, 0.15) is 11.5 Å². The summed E-state index contributed by atoms with van der Waals surface area (Å²) in [4.78, 5) is 22.9. The molecule has 6 heteroatoms. The quantitative estimate of drug-likeness (QED) is 0.841. The van der Waals surface area contributed by atoms with Crippen LogP contribution in [0.25, 0.3) is 17.4 Å². The highest BCUT2D eigenvalue weighted by Crippen LogP contribution is 2.30. The minimum atomic E-state index is -0.402. The number of hydrogen-bond acceptors (Lipinski definition) is 4. The summed E-state index contributed by atoms with van der Waals surface area (Å²) in [6.45, 7) is 1.93. The number of imide groups is 1. The van der Waals surface area contributed by atoms with Crippen LogP contribution in [0, 0.1) is 6.92 Å². The highest BCUT2D eigenvalue weighted by atomic mass is 35.5. The molecule has 1 aromatic heterocycles. The van der Waals surface area contributed by atoms with Crippen molar-refractivity contribution in [1.29, 1.82) is 0 Å². The van der Waals surface area contributed by atoms with Crippen LogP contribution in [-0.2, 0) is 4.79 Å². The van der Waals surface area contributed by atoms with Gasteiger partial charge in [0.15, 0.2) is 0 Å². The van der Waals surface area contributed by atoms with Gasteiger partial charge < -0.3 is 4.42 Å². The summed E-state index contributed by atoms with van der Waals surface area (Å²) in [6, 6.07) is 9.20. The van der Waals surface area contributed by atoms with Crippen molar-refractivity contribution in [1.82, 2.24) is 5.32 Å². The lowest BCUT2D eigenvalue weighted by Gasteiger charge is -2.00. The fourth-order valence-corrected chi connectivity index (χ4v) is 2.72. The molecule has 106 valence electrons. The number of rotatable bonds is 2. The monoisotopic (exact) mass is 319 g/mol. The predicted molar refractivity (Wildman–Crippen MR) is 83.0 cm³/mol. The number of thioether (sulfide) groups is 1. The molecule has 1 fully saturated rings. The SMILES string of the molecule is Cc1ccc(-c2ccc(C=C3SC(=O)NC3=O)o2)cc1Cl. The Morgan fingerprint density at radius 3 is 2.71 bits per heavy atom. The zero-order chi connectivity index (χ0) is 15.0. The standard InChI is InChI=1S/C15H10ClNO3S/c1-8-2-3-9(6-11(8)16)12-5-4-10(20-12)7-13-14(18)17-15(19)21-13/h2-7H,1H3,(H,17,18,19). The van der Waals surface area contributed by atoms with Gasteiger partial charge in [0.25, 0.3) is 11.1 Å². The minimum absolute atomic E-state index is 0.322. The van der Waals surface area contributed by atoms with Crippen LogP contribution in [0.15, 0.2) is 39.7 Å². The average molecular weight is 320 g/mol. The topological polar surface area (TPSA) is 59.3 Å². The maximum atomic E-state index is 11.5. The van der Waals surface area contributed by atoms with Gasteiger partial charge in [-0.05, 0) is 42.4 Å². The fourth-order valence-electron chi connectivity index (χ4n) is 1.88. The number of halogens is 1. The molecule has 0 aliphatic carbocycles. The van der Waals surface area contributed by atoms with Crippen molar-refractivity contribution in [3.8, 4) is 11.3 Å². The van der Waals surface area contributed by atoms with Gasteiger partial charge in [0.2, 0.25) is 0 Å². The molecule has 0 saturated carbocycles. The smallest absolute Gasteiger partial charge is 0.290 e. The maximum Gasteiger partial charge on any atom is 0.290 e. The van der Waals surface area contributed by atoms with Gasteiger partial charge in [-0.3, -0.25) is 14.9 Å². The van der Waals surface area contributed by atoms with Gasteiger partial charge in [-0.1, -0.05) is 23.7 Å². The summed E-state index contributed by atoms with van der Waals surface area (Å²) in [7, 11) is 0. The van der Waals surface area contributed by atoms with Crippen molar-refractivity contribution in [2.45, 2.75) is 6.92 Å². The van der Waals surface area contributed by atoms with Crippen LogP contribution in [0.2, 0.25) is 5.02 Å². The summed E-state index contributed by atoms with van der Waals surface area (Å²) in [5.41, 5.74) is 1.85. The van der Waals surface area contributed by atoms with Gasteiger partial charge >= 0.3 is 0 Å². The van der Waals surface area contributed by atoms with E-state index in [1.807, 2.05) is 25.1 Å². The highest BCUT2D eigenvalue weighted by molar-refractivity contribution is 8.18. The van der Waals surface area contributed by atoms with E-state index in [-0.39, 0.29) is 5.24 Å². The van der Waals surface area contributed by atoms with Crippen molar-refractivity contribution in [3.63, 3.8) is 0 Å². The van der Waals surface area contributed by atoms with E-state index >= 15 is 0 Å². The number of benzene rings is 1. The Kier molecular flexibility index (Phi) is 3.61. The van der Waals surface area contributed by atoms with Crippen molar-refractivity contribution < 1.29 is 14.0 Å². The van der Waals surface area contributed by atoms with E-state index in [1.165, 1.54) is 0 Å². The molecular formula is C15H10ClNO3S. The first kappa shape index (κ1) is 14.0. The number of furan rings is 1. The summed E-state index contributed by atoms with van der Waals surface area (Å²) in [5, 5.41) is 2.49. The largest absolute Gasteiger partial charge is 0.457 e. The average Bonchev–Trinajstić information content (AvgIpc) is 3.01. The second-order valence-electron chi connectivity index (χ2n) is 4.52. The Bertz CT molecular complexity index is 779. The lowest BCUT2D eigenvalue weighted by Crippen LogP contribution is -2.17. The molecule has 0 spiro atoms. The molecule has 2 aromatic rings. The van der Waals surface area contributed by atoms with Gasteiger partial charge in [0, 0.05) is 16.7 Å². The number of carbonyl (C=O) groups excluding carboxylic acids is 2. The Balaban J connectivity index is 1.90. The Morgan fingerprint density at radius 2 is 2.05 bits per heavy atom. The molecule has 4 nitrogen and oxygen atoms in total. The van der Waals surface area contributed by atoms with E-state index in [0.29, 0.717) is 21.4 Å². The zero-order valence-electron chi connectivity index (χ0n) is 11.0. The third kappa shape index (κ3) is 2.89. The van der Waals surface area contributed by atoms with E-state index in [1.54, 1.807) is 18.2 Å². The molecular weight excluding hydrogens is 310 g/mol. The van der Waals surface area contributed by atoms with Crippen molar-refractivity contribution in [2.24, 2.45) is 0 Å². The number of carbonyl (C=O) groups is 2. The fraction of sp³-hybridized carbons (Fsp3) is 0.0667. The molecule has 0 unspecified atom stereocenters. The van der Waals surface area contributed by atoms with E-state index in [2.05, 4.69) is 5.32 Å². The molecule has 2 heterocycles. The Labute approximate surface area is 130 Å². The molecule has 3 rings (SSSR count). The van der Waals surface area contributed by atoms with Crippen LogP contribution in [0.5, 0.6) is 0 Å². The van der Waals surface area contributed by atoms with Gasteiger partial charge in [-0.15, -0.1) is 0 Å². The van der Waals surface area contributed by atoms with Crippen LogP contribution < -0.4 is 5.32 Å². The molecule has 0 bridgehead atoms. The third-order valence-electron chi connectivity index (χ3n) is 3.00. The first-order valence-corrected chi connectivity index (χ1v) is 7.33. The molecule has 21 heavy (non-hydrogen) atoms. The van der Waals surface area contributed by atoms with Gasteiger partial charge in [0.05, 0.1) is 4.91 Å². The van der Waals surface area contributed by atoms with Crippen LogP contribution in [0.1, 0.15) is 11.3 Å². The van der Waals surface area contributed by atoms with Crippen molar-refractivity contribution in [2.75, 3.05) is 0 Å². The molecule has 1 aliphatic rings. The molecule has 1 saturated heterocycles.